The number of methoxy groups -OCH3 is 1. The standard InChI is InChI=1S/C9H15NO5S/c1-14-9(11)8-6-10(4-5-15-8)16(12,13)7-2-3-7/h7-8H,2-6H2,1H3. The van der Waals surface area contributed by atoms with Crippen molar-refractivity contribution in [1.82, 2.24) is 4.31 Å². The summed E-state index contributed by atoms with van der Waals surface area (Å²) in [5.41, 5.74) is 0. The van der Waals surface area contributed by atoms with Crippen LogP contribution in [0, 0.1) is 0 Å². The number of nitrogens with zero attached hydrogens (tertiary/aromatic N) is 1. The number of carbonyl (C=O) groups excluding carboxylic acids is 1. The van der Waals surface area contributed by atoms with Crippen molar-refractivity contribution in [3.63, 3.8) is 0 Å². The molecule has 2 aliphatic rings. The van der Waals surface area contributed by atoms with Gasteiger partial charge in [-0.1, -0.05) is 0 Å². The summed E-state index contributed by atoms with van der Waals surface area (Å²) in [4.78, 5) is 11.3. The van der Waals surface area contributed by atoms with Gasteiger partial charge in [0, 0.05) is 6.54 Å². The van der Waals surface area contributed by atoms with E-state index in [9.17, 15) is 13.2 Å². The third-order valence-corrected chi connectivity index (χ3v) is 5.16. The van der Waals surface area contributed by atoms with Crippen molar-refractivity contribution in [2.75, 3.05) is 26.8 Å². The van der Waals surface area contributed by atoms with E-state index in [1.807, 2.05) is 0 Å². The highest BCUT2D eigenvalue weighted by Gasteiger charge is 2.43. The molecule has 0 radical (unpaired) electrons. The lowest BCUT2D eigenvalue weighted by atomic mass is 10.3. The van der Waals surface area contributed by atoms with Gasteiger partial charge in [-0.25, -0.2) is 13.2 Å². The van der Waals surface area contributed by atoms with E-state index in [4.69, 9.17) is 4.74 Å². The lowest BCUT2D eigenvalue weighted by molar-refractivity contribution is -0.157. The Kier molecular flexibility index (Phi) is 3.18. The molecule has 2 rings (SSSR count). The van der Waals surface area contributed by atoms with E-state index >= 15 is 0 Å². The van der Waals surface area contributed by atoms with Gasteiger partial charge in [-0.2, -0.15) is 4.31 Å². The lowest BCUT2D eigenvalue weighted by Crippen LogP contribution is -2.49. The summed E-state index contributed by atoms with van der Waals surface area (Å²) < 4.78 is 34.9. The molecule has 0 spiro atoms. The quantitative estimate of drug-likeness (QED) is 0.622. The second kappa shape index (κ2) is 4.31. The summed E-state index contributed by atoms with van der Waals surface area (Å²) in [6.45, 7) is 0.642. The van der Waals surface area contributed by atoms with Gasteiger partial charge in [0.05, 0.1) is 25.5 Å². The molecule has 1 saturated heterocycles. The first-order chi connectivity index (χ1) is 7.55. The summed E-state index contributed by atoms with van der Waals surface area (Å²) in [5.74, 6) is -0.518. The van der Waals surface area contributed by atoms with Gasteiger partial charge in [0.2, 0.25) is 10.0 Å². The molecule has 1 aliphatic carbocycles. The number of sulfonamides is 1. The van der Waals surface area contributed by atoms with Gasteiger partial charge < -0.3 is 9.47 Å². The molecule has 1 saturated carbocycles. The van der Waals surface area contributed by atoms with E-state index in [0.717, 1.165) is 12.8 Å². The van der Waals surface area contributed by atoms with E-state index in [-0.39, 0.29) is 18.4 Å². The first kappa shape index (κ1) is 11.8. The van der Waals surface area contributed by atoms with Crippen molar-refractivity contribution in [3.05, 3.63) is 0 Å². The Bertz CT molecular complexity index is 375. The highest BCUT2D eigenvalue weighted by Crippen LogP contribution is 2.31. The van der Waals surface area contributed by atoms with Crippen molar-refractivity contribution in [2.24, 2.45) is 0 Å². The second-order valence-corrected chi connectivity index (χ2v) is 6.20. The van der Waals surface area contributed by atoms with Crippen molar-refractivity contribution >= 4 is 16.0 Å². The molecule has 0 aromatic heterocycles. The van der Waals surface area contributed by atoms with E-state index in [2.05, 4.69) is 4.74 Å². The van der Waals surface area contributed by atoms with E-state index in [0.29, 0.717) is 6.54 Å². The monoisotopic (exact) mass is 249 g/mol. The Morgan fingerprint density at radius 3 is 2.69 bits per heavy atom. The minimum Gasteiger partial charge on any atom is -0.467 e. The van der Waals surface area contributed by atoms with Crippen LogP contribution in [0.5, 0.6) is 0 Å². The molecule has 0 bridgehead atoms. The van der Waals surface area contributed by atoms with E-state index < -0.39 is 22.1 Å². The summed E-state index contributed by atoms with van der Waals surface area (Å²) in [6, 6.07) is 0. The molecule has 1 aliphatic heterocycles. The Morgan fingerprint density at radius 2 is 2.12 bits per heavy atom. The maximum atomic E-state index is 11.9. The van der Waals surface area contributed by atoms with Crippen molar-refractivity contribution < 1.29 is 22.7 Å². The number of esters is 1. The Morgan fingerprint density at radius 1 is 1.44 bits per heavy atom. The Hall–Kier alpha value is -0.660. The summed E-state index contributed by atoms with van der Waals surface area (Å²) in [7, 11) is -1.95. The van der Waals surface area contributed by atoms with Gasteiger partial charge in [-0.3, -0.25) is 0 Å². The van der Waals surface area contributed by atoms with Crippen molar-refractivity contribution in [1.29, 1.82) is 0 Å². The Labute approximate surface area is 94.6 Å². The molecule has 1 unspecified atom stereocenters. The van der Waals surface area contributed by atoms with Crippen LogP contribution in [0.1, 0.15) is 12.8 Å². The normalized spacial score (nSPS) is 27.7. The van der Waals surface area contributed by atoms with Gasteiger partial charge in [0.15, 0.2) is 6.10 Å². The zero-order valence-electron chi connectivity index (χ0n) is 9.09. The first-order valence-corrected chi connectivity index (χ1v) is 6.74. The van der Waals surface area contributed by atoms with Gasteiger partial charge >= 0.3 is 5.97 Å². The highest BCUT2D eigenvalue weighted by molar-refractivity contribution is 7.90. The molecule has 92 valence electrons. The number of carbonyl (C=O) groups is 1. The minimum atomic E-state index is -3.22. The van der Waals surface area contributed by atoms with Crippen molar-refractivity contribution in [2.45, 2.75) is 24.2 Å². The maximum Gasteiger partial charge on any atom is 0.336 e. The lowest BCUT2D eigenvalue weighted by Gasteiger charge is -2.30. The summed E-state index contributed by atoms with van der Waals surface area (Å²) in [6.07, 6.45) is 0.665. The topological polar surface area (TPSA) is 72.9 Å². The maximum absolute atomic E-state index is 11.9. The largest absolute Gasteiger partial charge is 0.467 e. The van der Waals surface area contributed by atoms with Gasteiger partial charge in [0.1, 0.15) is 0 Å². The van der Waals surface area contributed by atoms with Crippen LogP contribution in [0.15, 0.2) is 0 Å². The average molecular weight is 249 g/mol. The van der Waals surface area contributed by atoms with Crippen LogP contribution in [0.4, 0.5) is 0 Å². The molecule has 6 nitrogen and oxygen atoms in total. The Balaban J connectivity index is 2.04. The minimum absolute atomic E-state index is 0.0749. The van der Waals surface area contributed by atoms with E-state index in [1.54, 1.807) is 0 Å². The summed E-state index contributed by atoms with van der Waals surface area (Å²) in [5, 5.41) is -0.246. The number of hydrogen-bond donors (Lipinski definition) is 0. The molecule has 1 heterocycles. The number of hydrogen-bond acceptors (Lipinski definition) is 5. The van der Waals surface area contributed by atoms with Crippen LogP contribution in [-0.4, -0.2) is 56.9 Å². The molecule has 0 amide bonds. The smallest absolute Gasteiger partial charge is 0.336 e. The van der Waals surface area contributed by atoms with Gasteiger partial charge in [0.25, 0.3) is 0 Å². The fourth-order valence-electron chi connectivity index (χ4n) is 1.71. The third-order valence-electron chi connectivity index (χ3n) is 2.80. The molecule has 0 aromatic rings. The van der Waals surface area contributed by atoms with Gasteiger partial charge in [-0.15, -0.1) is 0 Å². The van der Waals surface area contributed by atoms with Crippen LogP contribution in [-0.2, 0) is 24.3 Å². The number of rotatable bonds is 3. The van der Waals surface area contributed by atoms with Crippen LogP contribution in [0.25, 0.3) is 0 Å². The summed E-state index contributed by atoms with van der Waals surface area (Å²) >= 11 is 0. The predicted octanol–water partition coefficient (Wildman–Crippen LogP) is -0.648. The number of morpholine rings is 1. The molecule has 2 fully saturated rings. The molecule has 1 atom stereocenters. The second-order valence-electron chi connectivity index (χ2n) is 3.98. The molecule has 0 N–H and O–H groups in total. The van der Waals surface area contributed by atoms with Crippen LogP contribution in [0.3, 0.4) is 0 Å². The van der Waals surface area contributed by atoms with E-state index in [1.165, 1.54) is 11.4 Å². The average Bonchev–Trinajstić information content (AvgIpc) is 3.12. The fraction of sp³-hybridized carbons (Fsp3) is 0.889. The zero-order chi connectivity index (χ0) is 11.8. The number of ether oxygens (including phenoxy) is 2. The third kappa shape index (κ3) is 2.21. The van der Waals surface area contributed by atoms with Crippen LogP contribution < -0.4 is 0 Å². The van der Waals surface area contributed by atoms with Crippen molar-refractivity contribution in [3.8, 4) is 0 Å². The highest BCUT2D eigenvalue weighted by atomic mass is 32.2. The molecule has 16 heavy (non-hydrogen) atoms. The van der Waals surface area contributed by atoms with Crippen LogP contribution >= 0.6 is 0 Å². The fourth-order valence-corrected chi connectivity index (χ4v) is 3.53. The molecular weight excluding hydrogens is 234 g/mol. The molecular formula is C9H15NO5S. The SMILES string of the molecule is COC(=O)C1CN(S(=O)(=O)C2CC2)CCO1. The van der Waals surface area contributed by atoms with Crippen LogP contribution in [0.2, 0.25) is 0 Å². The van der Waals surface area contributed by atoms with Gasteiger partial charge in [-0.05, 0) is 12.8 Å². The predicted molar refractivity (Wildman–Crippen MR) is 55.3 cm³/mol. The zero-order valence-corrected chi connectivity index (χ0v) is 9.90. The molecule has 7 heteroatoms. The first-order valence-electron chi connectivity index (χ1n) is 5.24. The molecule has 0 aromatic carbocycles.